The van der Waals surface area contributed by atoms with Crippen molar-refractivity contribution < 1.29 is 14.3 Å². The van der Waals surface area contributed by atoms with Gasteiger partial charge in [0.05, 0.1) is 0 Å². The highest BCUT2D eigenvalue weighted by atomic mass is 19.1. The van der Waals surface area contributed by atoms with E-state index in [1.165, 1.54) is 12.5 Å². The maximum Gasteiger partial charge on any atom is 0.433 e. The molecule has 0 aromatic carbocycles. The number of pyridine rings is 1. The van der Waals surface area contributed by atoms with Crippen LogP contribution in [0, 0.1) is 23.7 Å². The second-order valence-corrected chi connectivity index (χ2v) is 11.9. The standard InChI is InChI=1S/C29H39FN8O2/c1-15(2)20-12-21(33-22(30)13-20)28-37-26-23(38(28)14-18-10-8-16(3)9-11-18)25(32-17(4)19-6-5-7-19)35-27(36-26)24(31)34-29(39)40/h12-13,15-19H,5-11,14H2,1-4H3,(H2,31,34)(H,39,40)(H,32,35,36)/t16?,17-,18?/m1/s1. The number of imidazole rings is 1. The first kappa shape index (κ1) is 27.9. The van der Waals surface area contributed by atoms with E-state index < -0.39 is 12.0 Å². The summed E-state index contributed by atoms with van der Waals surface area (Å²) in [5.41, 5.74) is 8.28. The monoisotopic (exact) mass is 550 g/mol. The summed E-state index contributed by atoms with van der Waals surface area (Å²) in [7, 11) is 0. The third kappa shape index (κ3) is 5.93. The van der Waals surface area contributed by atoms with E-state index in [-0.39, 0.29) is 23.6 Å². The van der Waals surface area contributed by atoms with E-state index >= 15 is 0 Å². The lowest BCUT2D eigenvalue weighted by molar-refractivity contribution is 0.205. The van der Waals surface area contributed by atoms with Gasteiger partial charge in [-0.3, -0.25) is 0 Å². The van der Waals surface area contributed by atoms with Gasteiger partial charge in [0, 0.05) is 12.6 Å². The van der Waals surface area contributed by atoms with E-state index in [2.05, 4.69) is 43.7 Å². The Balaban J connectivity index is 1.70. The Morgan fingerprint density at radius 1 is 1.12 bits per heavy atom. The first-order valence-electron chi connectivity index (χ1n) is 14.4. The lowest BCUT2D eigenvalue weighted by Crippen LogP contribution is -2.32. The Morgan fingerprint density at radius 3 is 2.48 bits per heavy atom. The summed E-state index contributed by atoms with van der Waals surface area (Å²) in [6.45, 7) is 9.11. The molecule has 2 aliphatic carbocycles. The Hall–Kier alpha value is -3.63. The van der Waals surface area contributed by atoms with Crippen molar-refractivity contribution >= 4 is 28.9 Å². The molecule has 11 heteroatoms. The fourth-order valence-corrected chi connectivity index (χ4v) is 5.79. The van der Waals surface area contributed by atoms with Crippen LogP contribution in [0.3, 0.4) is 0 Å². The molecule has 0 radical (unpaired) electrons. The van der Waals surface area contributed by atoms with E-state index in [9.17, 15) is 14.3 Å². The number of hydrogen-bond donors (Lipinski definition) is 3. The van der Waals surface area contributed by atoms with E-state index in [1.54, 1.807) is 0 Å². The first-order chi connectivity index (χ1) is 19.1. The smallest absolute Gasteiger partial charge is 0.433 e. The number of anilines is 1. The summed E-state index contributed by atoms with van der Waals surface area (Å²) in [5.74, 6) is 1.87. The zero-order chi connectivity index (χ0) is 28.6. The first-order valence-corrected chi connectivity index (χ1v) is 14.4. The van der Waals surface area contributed by atoms with Gasteiger partial charge in [-0.1, -0.05) is 40.0 Å². The van der Waals surface area contributed by atoms with E-state index in [0.29, 0.717) is 52.8 Å². The minimum Gasteiger partial charge on any atom is -0.463 e. The average Bonchev–Trinajstić information content (AvgIpc) is 3.22. The van der Waals surface area contributed by atoms with Crippen LogP contribution in [-0.2, 0) is 6.54 Å². The molecule has 0 saturated heterocycles. The summed E-state index contributed by atoms with van der Waals surface area (Å²) >= 11 is 0. The van der Waals surface area contributed by atoms with Gasteiger partial charge in [-0.2, -0.15) is 9.38 Å². The fourth-order valence-electron chi connectivity index (χ4n) is 5.79. The highest BCUT2D eigenvalue weighted by molar-refractivity contribution is 6.01. The van der Waals surface area contributed by atoms with Gasteiger partial charge in [-0.05, 0) is 74.0 Å². The highest BCUT2D eigenvalue weighted by Crippen LogP contribution is 2.36. The molecule has 40 heavy (non-hydrogen) atoms. The minimum atomic E-state index is -1.43. The Kier molecular flexibility index (Phi) is 8.00. The molecule has 0 unspecified atom stereocenters. The topological polar surface area (TPSA) is 144 Å². The molecule has 0 bridgehead atoms. The van der Waals surface area contributed by atoms with Gasteiger partial charge >= 0.3 is 6.09 Å². The van der Waals surface area contributed by atoms with Crippen molar-refractivity contribution in [2.24, 2.45) is 28.5 Å². The molecule has 2 fully saturated rings. The van der Waals surface area contributed by atoms with Gasteiger partial charge in [0.25, 0.3) is 0 Å². The molecule has 10 nitrogen and oxygen atoms in total. The molecule has 3 aromatic rings. The summed E-state index contributed by atoms with van der Waals surface area (Å²) in [6, 6.07) is 3.46. The van der Waals surface area contributed by atoms with Crippen LogP contribution in [0.1, 0.15) is 89.9 Å². The van der Waals surface area contributed by atoms with Crippen molar-refractivity contribution in [1.82, 2.24) is 24.5 Å². The van der Waals surface area contributed by atoms with Gasteiger partial charge in [0.15, 0.2) is 28.9 Å². The second-order valence-electron chi connectivity index (χ2n) is 11.9. The molecule has 2 aliphatic rings. The number of rotatable bonds is 8. The Labute approximate surface area is 233 Å². The second kappa shape index (κ2) is 11.5. The summed E-state index contributed by atoms with van der Waals surface area (Å²) in [5, 5.41) is 12.7. The van der Waals surface area contributed by atoms with Crippen molar-refractivity contribution in [1.29, 1.82) is 0 Å². The molecule has 0 spiro atoms. The van der Waals surface area contributed by atoms with Crippen molar-refractivity contribution in [3.8, 4) is 11.5 Å². The molecule has 1 amide bonds. The van der Waals surface area contributed by atoms with Crippen LogP contribution < -0.4 is 11.1 Å². The molecule has 0 aliphatic heterocycles. The number of nitrogens with two attached hydrogens (primary N) is 1. The number of nitrogens with zero attached hydrogens (tertiary/aromatic N) is 6. The number of aromatic nitrogens is 5. The van der Waals surface area contributed by atoms with Crippen LogP contribution in [0.2, 0.25) is 0 Å². The summed E-state index contributed by atoms with van der Waals surface area (Å²) in [4.78, 5) is 33.0. The lowest BCUT2D eigenvalue weighted by Gasteiger charge is -2.32. The van der Waals surface area contributed by atoms with Crippen LogP contribution >= 0.6 is 0 Å². The van der Waals surface area contributed by atoms with Crippen molar-refractivity contribution in [3.63, 3.8) is 0 Å². The van der Waals surface area contributed by atoms with Crippen LogP contribution in [0.5, 0.6) is 0 Å². The van der Waals surface area contributed by atoms with Crippen LogP contribution in [0.25, 0.3) is 22.7 Å². The number of halogens is 1. The van der Waals surface area contributed by atoms with Crippen molar-refractivity contribution in [3.05, 3.63) is 29.5 Å². The molecule has 2 saturated carbocycles. The largest absolute Gasteiger partial charge is 0.463 e. The number of hydrogen-bond acceptors (Lipinski definition) is 6. The predicted molar refractivity (Wildman–Crippen MR) is 153 cm³/mol. The SMILES string of the molecule is CC1CCC(Cn2c(-c3cc(C(C)C)cc(F)n3)nc3nc(/C(N)=N/C(=O)O)nc(N[C@H](C)C4CCC4)c32)CC1. The maximum atomic E-state index is 14.8. The fraction of sp³-hybridized carbons (Fsp3) is 0.586. The van der Waals surface area contributed by atoms with Gasteiger partial charge in [0.1, 0.15) is 11.2 Å². The maximum absolute atomic E-state index is 14.8. The Morgan fingerprint density at radius 2 is 1.85 bits per heavy atom. The zero-order valence-electron chi connectivity index (χ0n) is 23.7. The number of amides is 1. The number of nitrogens with one attached hydrogen (secondary N) is 1. The predicted octanol–water partition coefficient (Wildman–Crippen LogP) is 5.96. The van der Waals surface area contributed by atoms with Gasteiger partial charge in [0.2, 0.25) is 5.95 Å². The van der Waals surface area contributed by atoms with E-state index in [1.807, 2.05) is 19.9 Å². The van der Waals surface area contributed by atoms with Crippen LogP contribution in [0.4, 0.5) is 15.0 Å². The normalized spacial score (nSPS) is 21.0. The molecular formula is C29H39FN8O2. The van der Waals surface area contributed by atoms with E-state index in [0.717, 1.165) is 44.1 Å². The third-order valence-electron chi connectivity index (χ3n) is 8.56. The number of fused-ring (bicyclic) bond motifs is 1. The Bertz CT molecular complexity index is 1420. The molecule has 3 aromatic heterocycles. The molecule has 4 N–H and O–H groups in total. The van der Waals surface area contributed by atoms with Gasteiger partial charge < -0.3 is 20.7 Å². The minimum absolute atomic E-state index is 0.0176. The average molecular weight is 551 g/mol. The zero-order valence-corrected chi connectivity index (χ0v) is 23.7. The third-order valence-corrected chi connectivity index (χ3v) is 8.56. The number of carbonyl (C=O) groups is 1. The summed E-state index contributed by atoms with van der Waals surface area (Å²) in [6.07, 6.45) is 6.54. The molecule has 3 heterocycles. The molecule has 214 valence electrons. The molecule has 1 atom stereocenters. The van der Waals surface area contributed by atoms with Crippen molar-refractivity contribution in [2.45, 2.75) is 91.1 Å². The highest BCUT2D eigenvalue weighted by Gasteiger charge is 2.29. The lowest BCUT2D eigenvalue weighted by atomic mass is 9.80. The van der Waals surface area contributed by atoms with Crippen LogP contribution in [0.15, 0.2) is 17.1 Å². The van der Waals surface area contributed by atoms with Gasteiger partial charge in [-0.25, -0.2) is 24.7 Å². The van der Waals surface area contributed by atoms with Crippen LogP contribution in [-0.4, -0.2) is 47.6 Å². The number of carboxylic acid groups (broad SMARTS) is 1. The molecular weight excluding hydrogens is 511 g/mol. The van der Waals surface area contributed by atoms with Gasteiger partial charge in [-0.15, -0.1) is 0 Å². The quantitative estimate of drug-likeness (QED) is 0.177. The number of amidine groups is 1. The summed E-state index contributed by atoms with van der Waals surface area (Å²) < 4.78 is 16.8. The molecule has 5 rings (SSSR count). The van der Waals surface area contributed by atoms with Crippen molar-refractivity contribution in [2.75, 3.05) is 5.32 Å². The number of aliphatic imine (C=N–C) groups is 1. The van der Waals surface area contributed by atoms with E-state index in [4.69, 9.17) is 10.7 Å².